The molecule has 9 heteroatoms. The van der Waals surface area contributed by atoms with Crippen LogP contribution >= 0.6 is 0 Å². The average molecular weight is 500 g/mol. The molecule has 0 aromatic heterocycles. The number of ether oxygens (including phenoxy) is 2. The molecular weight excluding hydrogens is 474 g/mol. The van der Waals surface area contributed by atoms with E-state index in [2.05, 4.69) is 10.4 Å². The van der Waals surface area contributed by atoms with E-state index in [9.17, 15) is 14.4 Å². The number of methoxy groups -OCH3 is 1. The highest BCUT2D eigenvalue weighted by Gasteiger charge is 2.28. The predicted molar refractivity (Wildman–Crippen MR) is 140 cm³/mol. The lowest BCUT2D eigenvalue weighted by Gasteiger charge is -2.13. The molecule has 1 aliphatic heterocycles. The minimum atomic E-state index is -1.05. The van der Waals surface area contributed by atoms with Crippen LogP contribution in [0.15, 0.2) is 77.4 Å². The predicted octanol–water partition coefficient (Wildman–Crippen LogP) is 4.53. The lowest BCUT2D eigenvalue weighted by molar-refractivity contribution is -0.118. The number of hydrazone groups is 1. The van der Waals surface area contributed by atoms with Crippen LogP contribution in [0, 0.1) is 6.92 Å². The van der Waals surface area contributed by atoms with Crippen LogP contribution in [-0.2, 0) is 9.59 Å². The summed E-state index contributed by atoms with van der Waals surface area (Å²) in [4.78, 5) is 36.3. The van der Waals surface area contributed by atoms with Crippen molar-refractivity contribution in [3.8, 4) is 11.5 Å². The van der Waals surface area contributed by atoms with E-state index in [1.54, 1.807) is 31.2 Å². The second-order valence-electron chi connectivity index (χ2n) is 8.33. The Bertz CT molecular complexity index is 1430. The van der Waals surface area contributed by atoms with Crippen LogP contribution in [0.2, 0.25) is 0 Å². The molecule has 1 aliphatic rings. The molecule has 37 heavy (non-hydrogen) atoms. The Balaban J connectivity index is 1.43. The number of carbonyl (C=O) groups is 3. The number of rotatable bonds is 8. The summed E-state index contributed by atoms with van der Waals surface area (Å²) in [7, 11) is 1.48. The van der Waals surface area contributed by atoms with Crippen molar-refractivity contribution in [3.63, 3.8) is 0 Å². The summed E-state index contributed by atoms with van der Waals surface area (Å²) in [6.45, 7) is 3.45. The first kappa shape index (κ1) is 25.2. The van der Waals surface area contributed by atoms with E-state index < -0.39 is 11.9 Å². The maximum absolute atomic E-state index is 13.0. The van der Waals surface area contributed by atoms with E-state index >= 15 is 0 Å². The Labute approximate surface area is 213 Å². The highest BCUT2D eigenvalue weighted by molar-refractivity contribution is 6.32. The summed E-state index contributed by atoms with van der Waals surface area (Å²) >= 11 is 0. The van der Waals surface area contributed by atoms with Gasteiger partial charge in [0.05, 0.1) is 29.6 Å². The van der Waals surface area contributed by atoms with Crippen molar-refractivity contribution >= 4 is 40.9 Å². The number of carboxylic acids is 1. The van der Waals surface area contributed by atoms with Crippen LogP contribution < -0.4 is 19.8 Å². The number of hydrogen-bond donors (Lipinski definition) is 2. The third-order valence-corrected chi connectivity index (χ3v) is 5.58. The van der Waals surface area contributed by atoms with Crippen molar-refractivity contribution in [2.75, 3.05) is 24.0 Å². The molecule has 3 aromatic carbocycles. The van der Waals surface area contributed by atoms with Crippen molar-refractivity contribution in [2.24, 2.45) is 5.10 Å². The molecule has 0 atom stereocenters. The van der Waals surface area contributed by atoms with Crippen molar-refractivity contribution in [1.82, 2.24) is 0 Å². The fraction of sp³-hybridized carbons (Fsp3) is 0.143. The summed E-state index contributed by atoms with van der Waals surface area (Å²) in [5, 5.41) is 17.4. The van der Waals surface area contributed by atoms with E-state index in [0.717, 1.165) is 5.56 Å². The number of carbonyl (C=O) groups excluding carboxylic acids is 2. The third kappa shape index (κ3) is 5.84. The fourth-order valence-corrected chi connectivity index (χ4v) is 3.72. The number of anilines is 2. The number of amides is 2. The Morgan fingerprint density at radius 1 is 1.03 bits per heavy atom. The number of aromatic carboxylic acids is 1. The molecule has 0 saturated heterocycles. The first-order valence-corrected chi connectivity index (χ1v) is 11.4. The zero-order valence-corrected chi connectivity index (χ0v) is 20.5. The molecule has 9 nitrogen and oxygen atoms in total. The molecule has 0 spiro atoms. The second-order valence-corrected chi connectivity index (χ2v) is 8.33. The minimum Gasteiger partial charge on any atom is -0.493 e. The van der Waals surface area contributed by atoms with Crippen molar-refractivity contribution < 1.29 is 29.0 Å². The van der Waals surface area contributed by atoms with Crippen LogP contribution in [0.1, 0.15) is 28.4 Å². The molecule has 188 valence electrons. The molecule has 0 saturated carbocycles. The average Bonchev–Trinajstić information content (AvgIpc) is 3.16. The van der Waals surface area contributed by atoms with Gasteiger partial charge in [0.15, 0.2) is 18.1 Å². The third-order valence-electron chi connectivity index (χ3n) is 5.58. The van der Waals surface area contributed by atoms with Crippen molar-refractivity contribution in [3.05, 3.63) is 89.0 Å². The SMILES string of the molecule is COc1cc(/C=C2\C(=O)N(c3cccc(C)c3)N=C2C)ccc1OCC(=O)Nc1ccc(C(=O)O)cc1. The summed E-state index contributed by atoms with van der Waals surface area (Å²) in [5.74, 6) is -0.948. The van der Waals surface area contributed by atoms with Crippen LogP contribution in [0.25, 0.3) is 6.08 Å². The molecule has 0 aliphatic carbocycles. The highest BCUT2D eigenvalue weighted by Crippen LogP contribution is 2.31. The van der Waals surface area contributed by atoms with Crippen molar-refractivity contribution in [2.45, 2.75) is 13.8 Å². The van der Waals surface area contributed by atoms with Gasteiger partial charge in [-0.3, -0.25) is 9.59 Å². The Morgan fingerprint density at radius 2 is 1.78 bits per heavy atom. The quantitative estimate of drug-likeness (QED) is 0.440. The highest BCUT2D eigenvalue weighted by atomic mass is 16.5. The Kier molecular flexibility index (Phi) is 7.34. The summed E-state index contributed by atoms with van der Waals surface area (Å²) in [6.07, 6.45) is 1.73. The van der Waals surface area contributed by atoms with Gasteiger partial charge in [0, 0.05) is 5.69 Å². The number of nitrogens with one attached hydrogen (secondary N) is 1. The molecule has 4 rings (SSSR count). The normalized spacial score (nSPS) is 13.9. The van der Waals surface area contributed by atoms with Crippen molar-refractivity contribution in [1.29, 1.82) is 0 Å². The largest absolute Gasteiger partial charge is 0.493 e. The lowest BCUT2D eigenvalue weighted by atomic mass is 10.1. The second kappa shape index (κ2) is 10.8. The first-order chi connectivity index (χ1) is 17.7. The Morgan fingerprint density at radius 3 is 2.46 bits per heavy atom. The van der Waals surface area contributed by atoms with Gasteiger partial charge < -0.3 is 19.9 Å². The number of benzene rings is 3. The molecular formula is C28H25N3O6. The molecule has 0 unspecified atom stereocenters. The Hall–Kier alpha value is -4.92. The van der Waals surface area contributed by atoms with E-state index in [1.807, 2.05) is 31.2 Å². The van der Waals surface area contributed by atoms with Gasteiger partial charge in [-0.2, -0.15) is 10.1 Å². The lowest BCUT2D eigenvalue weighted by Crippen LogP contribution is -2.21. The van der Waals surface area contributed by atoms with Crippen LogP contribution in [0.5, 0.6) is 11.5 Å². The van der Waals surface area contributed by atoms with E-state index in [1.165, 1.54) is 36.4 Å². The van der Waals surface area contributed by atoms with Crippen LogP contribution in [-0.4, -0.2) is 42.3 Å². The van der Waals surface area contributed by atoms with Gasteiger partial charge in [-0.1, -0.05) is 18.2 Å². The van der Waals surface area contributed by atoms with E-state index in [-0.39, 0.29) is 18.1 Å². The van der Waals surface area contributed by atoms with Gasteiger partial charge in [-0.15, -0.1) is 0 Å². The fourth-order valence-electron chi connectivity index (χ4n) is 3.72. The zero-order valence-electron chi connectivity index (χ0n) is 20.5. The van der Waals surface area contributed by atoms with Gasteiger partial charge >= 0.3 is 5.97 Å². The topological polar surface area (TPSA) is 118 Å². The molecule has 0 fully saturated rings. The standard InChI is InChI=1S/C28H25N3O6/c1-17-5-4-6-22(13-17)31-27(33)23(18(2)30-31)14-19-7-12-24(25(15-19)36-3)37-16-26(32)29-21-10-8-20(9-11-21)28(34)35/h4-15H,16H2,1-3H3,(H,29,32)(H,34,35)/b23-14-. The summed E-state index contributed by atoms with van der Waals surface area (Å²) in [5.41, 5.74) is 4.06. The van der Waals surface area contributed by atoms with Crippen LogP contribution in [0.4, 0.5) is 11.4 Å². The zero-order chi connectivity index (χ0) is 26.5. The number of hydrogen-bond acceptors (Lipinski definition) is 6. The number of aryl methyl sites for hydroxylation is 1. The number of nitrogens with zero attached hydrogens (tertiary/aromatic N) is 2. The van der Waals surface area contributed by atoms with Gasteiger partial charge in [0.1, 0.15) is 0 Å². The molecule has 0 bridgehead atoms. The maximum atomic E-state index is 13.0. The van der Waals surface area contributed by atoms with E-state index in [4.69, 9.17) is 14.6 Å². The van der Waals surface area contributed by atoms with E-state index in [0.29, 0.717) is 39.7 Å². The first-order valence-electron chi connectivity index (χ1n) is 11.4. The molecule has 0 radical (unpaired) electrons. The maximum Gasteiger partial charge on any atom is 0.335 e. The summed E-state index contributed by atoms with van der Waals surface area (Å²) in [6, 6.07) is 18.5. The van der Waals surface area contributed by atoms with Gasteiger partial charge in [-0.05, 0) is 79.6 Å². The molecule has 3 aromatic rings. The van der Waals surface area contributed by atoms with Gasteiger partial charge in [0.2, 0.25) is 0 Å². The smallest absolute Gasteiger partial charge is 0.335 e. The molecule has 1 heterocycles. The van der Waals surface area contributed by atoms with Gasteiger partial charge in [0.25, 0.3) is 11.8 Å². The number of carboxylic acid groups (broad SMARTS) is 1. The summed E-state index contributed by atoms with van der Waals surface area (Å²) < 4.78 is 11.1. The monoisotopic (exact) mass is 499 g/mol. The minimum absolute atomic E-state index is 0.123. The molecule has 2 amide bonds. The van der Waals surface area contributed by atoms with Crippen LogP contribution in [0.3, 0.4) is 0 Å². The molecule has 2 N–H and O–H groups in total. The van der Waals surface area contributed by atoms with Gasteiger partial charge in [-0.25, -0.2) is 4.79 Å².